The Kier molecular flexibility index (Phi) is 5.19. The van der Waals surface area contributed by atoms with Crippen LogP contribution in [0, 0.1) is 14.9 Å². The zero-order chi connectivity index (χ0) is 19.7. The summed E-state index contributed by atoms with van der Waals surface area (Å²) in [5.41, 5.74) is 4.91. The van der Waals surface area contributed by atoms with E-state index in [0.717, 1.165) is 29.9 Å². The van der Waals surface area contributed by atoms with Gasteiger partial charge in [-0.1, -0.05) is 34.1 Å². The quantitative estimate of drug-likeness (QED) is 0.221. The second-order valence-corrected chi connectivity index (χ2v) is 8.08. The van der Waals surface area contributed by atoms with Crippen LogP contribution in [0.25, 0.3) is 21.9 Å². The molecular formula is C20H12BrIN4O2. The van der Waals surface area contributed by atoms with E-state index in [1.807, 2.05) is 47.2 Å². The van der Waals surface area contributed by atoms with Crippen molar-refractivity contribution in [2.45, 2.75) is 6.54 Å². The number of fused-ring (bicyclic) bond motifs is 2. The zero-order valence-electron chi connectivity index (χ0n) is 14.3. The second kappa shape index (κ2) is 7.77. The first-order valence-corrected chi connectivity index (χ1v) is 10.1. The number of nitrogens with one attached hydrogen (secondary N) is 1. The molecule has 0 aliphatic heterocycles. The number of amides is 1. The van der Waals surface area contributed by atoms with Gasteiger partial charge in [0.1, 0.15) is 12.1 Å². The van der Waals surface area contributed by atoms with E-state index in [-0.39, 0.29) is 12.3 Å². The number of nitriles is 1. The molecule has 138 valence electrons. The van der Waals surface area contributed by atoms with Crippen LogP contribution in [0.15, 0.2) is 62.7 Å². The Balaban J connectivity index is 1.57. The Morgan fingerprint density at radius 2 is 2.18 bits per heavy atom. The molecule has 0 bridgehead atoms. The zero-order valence-corrected chi connectivity index (χ0v) is 18.1. The van der Waals surface area contributed by atoms with Crippen molar-refractivity contribution in [3.05, 3.63) is 68.0 Å². The van der Waals surface area contributed by atoms with Crippen LogP contribution in [-0.4, -0.2) is 16.7 Å². The highest BCUT2D eigenvalue weighted by atomic mass is 127. The maximum atomic E-state index is 12.4. The van der Waals surface area contributed by atoms with E-state index in [4.69, 9.17) is 9.68 Å². The number of hydrogen-bond donors (Lipinski definition) is 1. The molecule has 1 amide bonds. The summed E-state index contributed by atoms with van der Waals surface area (Å²) in [6, 6.07) is 15.4. The predicted octanol–water partition coefficient (Wildman–Crippen LogP) is 5.04. The lowest BCUT2D eigenvalue weighted by atomic mass is 10.2. The monoisotopic (exact) mass is 546 g/mol. The van der Waals surface area contributed by atoms with Crippen molar-refractivity contribution in [1.29, 1.82) is 5.26 Å². The van der Waals surface area contributed by atoms with Gasteiger partial charge in [0.25, 0.3) is 0 Å². The summed E-state index contributed by atoms with van der Waals surface area (Å²) in [4.78, 5) is 12.4. The third-order valence-corrected chi connectivity index (χ3v) is 5.45. The van der Waals surface area contributed by atoms with Gasteiger partial charge in [-0.25, -0.2) is 5.43 Å². The van der Waals surface area contributed by atoms with Crippen molar-refractivity contribution < 1.29 is 9.21 Å². The van der Waals surface area contributed by atoms with E-state index in [2.05, 4.69) is 55.1 Å². The summed E-state index contributed by atoms with van der Waals surface area (Å²) in [5.74, 6) is -0.241. The van der Waals surface area contributed by atoms with Crippen LogP contribution in [0.4, 0.5) is 0 Å². The maximum absolute atomic E-state index is 12.4. The standard InChI is InChI=1S/C20H12BrIN4O2/c21-14-7-12-8-18(28-19(12)16(22)9-14)20(27)25-24-10-13-11-26(6-5-23)17-4-2-1-3-15(13)17/h1-4,7-11H,6H2,(H,25,27)/b24-10-. The number of benzene rings is 2. The average Bonchev–Trinajstić information content (AvgIpc) is 3.25. The summed E-state index contributed by atoms with van der Waals surface area (Å²) >= 11 is 5.60. The highest BCUT2D eigenvalue weighted by Gasteiger charge is 2.14. The summed E-state index contributed by atoms with van der Waals surface area (Å²) < 4.78 is 9.35. The number of aromatic nitrogens is 1. The number of nitrogens with zero attached hydrogens (tertiary/aromatic N) is 3. The van der Waals surface area contributed by atoms with Crippen LogP contribution in [0.1, 0.15) is 16.1 Å². The number of halogens is 2. The van der Waals surface area contributed by atoms with Gasteiger partial charge in [-0.15, -0.1) is 0 Å². The van der Waals surface area contributed by atoms with Gasteiger partial charge < -0.3 is 8.98 Å². The van der Waals surface area contributed by atoms with Crippen LogP contribution in [0.2, 0.25) is 0 Å². The summed E-state index contributed by atoms with van der Waals surface area (Å²) in [5, 5.41) is 14.8. The largest absolute Gasteiger partial charge is 0.450 e. The number of hydrazone groups is 1. The van der Waals surface area contributed by atoms with Crippen molar-refractivity contribution in [3.8, 4) is 6.07 Å². The number of rotatable bonds is 4. The van der Waals surface area contributed by atoms with Gasteiger partial charge in [0.15, 0.2) is 5.76 Å². The van der Waals surface area contributed by atoms with Gasteiger partial charge >= 0.3 is 5.91 Å². The Hall–Kier alpha value is -2.64. The van der Waals surface area contributed by atoms with Gasteiger partial charge in [-0.2, -0.15) is 10.4 Å². The van der Waals surface area contributed by atoms with Crippen LogP contribution in [-0.2, 0) is 6.54 Å². The van der Waals surface area contributed by atoms with E-state index >= 15 is 0 Å². The normalized spacial score (nSPS) is 11.3. The Bertz CT molecular complexity index is 1280. The Morgan fingerprint density at radius 1 is 1.36 bits per heavy atom. The third kappa shape index (κ3) is 3.55. The highest BCUT2D eigenvalue weighted by Crippen LogP contribution is 2.28. The SMILES string of the molecule is N#CCn1cc(/C=N\NC(=O)c2cc3cc(Br)cc(I)c3o2)c2ccccc21. The molecule has 0 fully saturated rings. The molecule has 0 unspecified atom stereocenters. The fourth-order valence-corrected chi connectivity index (χ4v) is 4.65. The van der Waals surface area contributed by atoms with Gasteiger partial charge in [0, 0.05) is 32.5 Å². The molecule has 2 heterocycles. The van der Waals surface area contributed by atoms with E-state index in [9.17, 15) is 4.79 Å². The minimum Gasteiger partial charge on any atom is -0.450 e. The average molecular weight is 547 g/mol. The molecule has 0 aliphatic carbocycles. The van der Waals surface area contributed by atoms with Gasteiger partial charge in [0.2, 0.25) is 0 Å². The van der Waals surface area contributed by atoms with E-state index < -0.39 is 5.91 Å². The van der Waals surface area contributed by atoms with Gasteiger partial charge in [-0.3, -0.25) is 4.79 Å². The van der Waals surface area contributed by atoms with Crippen LogP contribution in [0.5, 0.6) is 0 Å². The first-order valence-electron chi connectivity index (χ1n) is 8.23. The van der Waals surface area contributed by atoms with E-state index in [0.29, 0.717) is 5.58 Å². The predicted molar refractivity (Wildman–Crippen MR) is 119 cm³/mol. The molecule has 6 nitrogen and oxygen atoms in total. The molecule has 0 saturated heterocycles. The number of para-hydroxylation sites is 1. The second-order valence-electron chi connectivity index (χ2n) is 6.00. The van der Waals surface area contributed by atoms with Crippen LogP contribution in [0.3, 0.4) is 0 Å². The molecule has 0 radical (unpaired) electrons. The van der Waals surface area contributed by atoms with Crippen LogP contribution < -0.4 is 5.43 Å². The molecule has 8 heteroatoms. The molecule has 4 rings (SSSR count). The Labute approximate surface area is 182 Å². The lowest BCUT2D eigenvalue weighted by molar-refractivity contribution is 0.0929. The molecule has 4 aromatic rings. The first kappa shape index (κ1) is 18.7. The van der Waals surface area contributed by atoms with E-state index in [1.54, 1.807) is 12.3 Å². The lowest BCUT2D eigenvalue weighted by Crippen LogP contribution is -2.16. The third-order valence-electron chi connectivity index (χ3n) is 4.19. The maximum Gasteiger partial charge on any atom is 0.307 e. The molecule has 2 aromatic carbocycles. The highest BCUT2D eigenvalue weighted by molar-refractivity contribution is 14.1. The molecule has 0 atom stereocenters. The summed E-state index contributed by atoms with van der Waals surface area (Å²) in [6.45, 7) is 0.244. The number of carbonyl (C=O) groups is 1. The minimum absolute atomic E-state index is 0.190. The molecule has 28 heavy (non-hydrogen) atoms. The van der Waals surface area contributed by atoms with Crippen LogP contribution >= 0.6 is 38.5 Å². The molecule has 0 spiro atoms. The number of hydrogen-bond acceptors (Lipinski definition) is 4. The lowest BCUT2D eigenvalue weighted by Gasteiger charge is -1.96. The first-order chi connectivity index (χ1) is 13.6. The molecule has 1 N–H and O–H groups in total. The smallest absolute Gasteiger partial charge is 0.307 e. The molecular weight excluding hydrogens is 535 g/mol. The van der Waals surface area contributed by atoms with Gasteiger partial charge in [0.05, 0.1) is 15.9 Å². The molecule has 0 saturated carbocycles. The summed E-state index contributed by atoms with van der Waals surface area (Å²) in [6.07, 6.45) is 3.40. The van der Waals surface area contributed by atoms with Crippen molar-refractivity contribution in [2.75, 3.05) is 0 Å². The Morgan fingerprint density at radius 3 is 3.00 bits per heavy atom. The number of furan rings is 1. The van der Waals surface area contributed by atoms with Gasteiger partial charge in [-0.05, 0) is 46.9 Å². The summed E-state index contributed by atoms with van der Waals surface area (Å²) in [7, 11) is 0. The fraction of sp³-hybridized carbons (Fsp3) is 0.0500. The molecule has 0 aliphatic rings. The fourth-order valence-electron chi connectivity index (χ4n) is 2.99. The van der Waals surface area contributed by atoms with E-state index in [1.165, 1.54) is 0 Å². The van der Waals surface area contributed by atoms with Crippen molar-refractivity contribution in [2.24, 2.45) is 5.10 Å². The van der Waals surface area contributed by atoms with Crippen molar-refractivity contribution >= 4 is 72.5 Å². The van der Waals surface area contributed by atoms with Crippen molar-refractivity contribution in [1.82, 2.24) is 9.99 Å². The minimum atomic E-state index is -0.430. The topological polar surface area (TPSA) is 83.3 Å². The molecule has 2 aromatic heterocycles. The van der Waals surface area contributed by atoms with Crippen molar-refractivity contribution in [3.63, 3.8) is 0 Å². The number of carbonyl (C=O) groups excluding carboxylic acids is 1.